The van der Waals surface area contributed by atoms with E-state index in [0.717, 1.165) is 44.5 Å². The van der Waals surface area contributed by atoms with Crippen molar-refractivity contribution in [2.24, 2.45) is 5.92 Å². The zero-order valence-corrected chi connectivity index (χ0v) is 17.7. The number of carbonyl (C=O) groups excluding carboxylic acids is 1. The number of halogens is 1. The van der Waals surface area contributed by atoms with Crippen LogP contribution in [0, 0.1) is 23.1 Å². The van der Waals surface area contributed by atoms with Crippen molar-refractivity contribution in [1.29, 1.82) is 5.26 Å². The van der Waals surface area contributed by atoms with Gasteiger partial charge in [0.1, 0.15) is 16.8 Å². The zero-order valence-electron chi connectivity index (χ0n) is 16.9. The number of rotatable bonds is 7. The Bertz CT molecular complexity index is 1060. The molecular formula is C22H22FN5O2S. The normalized spacial score (nSPS) is 15.0. The van der Waals surface area contributed by atoms with Gasteiger partial charge in [0.2, 0.25) is 0 Å². The van der Waals surface area contributed by atoms with Crippen LogP contribution < -0.4 is 5.32 Å². The SMILES string of the molecule is N#Cc1ccc(-c2nc(C(=O)NCCC3CCN(Cc4ccc(F)cc4)CC3)no2)s1. The number of hydrogen-bond acceptors (Lipinski definition) is 7. The van der Waals surface area contributed by atoms with E-state index in [2.05, 4.69) is 26.4 Å². The van der Waals surface area contributed by atoms with E-state index >= 15 is 0 Å². The summed E-state index contributed by atoms with van der Waals surface area (Å²) in [6.45, 7) is 3.39. The molecule has 0 atom stereocenters. The molecular weight excluding hydrogens is 417 g/mol. The second-order valence-electron chi connectivity index (χ2n) is 7.59. The predicted octanol–water partition coefficient (Wildman–Crippen LogP) is 3.84. The van der Waals surface area contributed by atoms with Gasteiger partial charge in [0.15, 0.2) is 0 Å². The fraction of sp³-hybridized carbons (Fsp3) is 0.364. The highest BCUT2D eigenvalue weighted by atomic mass is 32.1. The Morgan fingerprint density at radius 3 is 2.74 bits per heavy atom. The zero-order chi connectivity index (χ0) is 21.6. The van der Waals surface area contributed by atoms with E-state index in [0.29, 0.717) is 22.2 Å². The number of piperidine rings is 1. The largest absolute Gasteiger partial charge is 0.349 e. The molecule has 0 spiro atoms. The first-order valence-corrected chi connectivity index (χ1v) is 11.0. The Morgan fingerprint density at radius 1 is 1.26 bits per heavy atom. The number of hydrogen-bond donors (Lipinski definition) is 1. The number of amides is 1. The minimum Gasteiger partial charge on any atom is -0.349 e. The Morgan fingerprint density at radius 2 is 2.03 bits per heavy atom. The molecule has 0 unspecified atom stereocenters. The van der Waals surface area contributed by atoms with Crippen molar-refractivity contribution in [2.75, 3.05) is 19.6 Å². The lowest BCUT2D eigenvalue weighted by Gasteiger charge is -2.32. The van der Waals surface area contributed by atoms with Crippen LogP contribution in [-0.2, 0) is 6.54 Å². The molecule has 9 heteroatoms. The monoisotopic (exact) mass is 439 g/mol. The van der Waals surface area contributed by atoms with Crippen LogP contribution >= 0.6 is 11.3 Å². The van der Waals surface area contributed by atoms with Gasteiger partial charge in [-0.25, -0.2) is 4.39 Å². The minimum absolute atomic E-state index is 0.00368. The van der Waals surface area contributed by atoms with Crippen molar-refractivity contribution >= 4 is 17.2 Å². The molecule has 1 aliphatic rings. The summed E-state index contributed by atoms with van der Waals surface area (Å²) in [4.78, 5) is 20.0. The molecule has 7 nitrogen and oxygen atoms in total. The predicted molar refractivity (Wildman–Crippen MR) is 114 cm³/mol. The van der Waals surface area contributed by atoms with E-state index in [1.807, 2.05) is 12.1 Å². The van der Waals surface area contributed by atoms with Crippen molar-refractivity contribution in [1.82, 2.24) is 20.4 Å². The Kier molecular flexibility index (Phi) is 6.70. The van der Waals surface area contributed by atoms with Gasteiger partial charge in [-0.1, -0.05) is 17.3 Å². The number of nitriles is 1. The van der Waals surface area contributed by atoms with Gasteiger partial charge in [0.05, 0.1) is 4.88 Å². The van der Waals surface area contributed by atoms with E-state index in [-0.39, 0.29) is 23.4 Å². The van der Waals surface area contributed by atoms with Crippen molar-refractivity contribution in [3.8, 4) is 16.8 Å². The molecule has 160 valence electrons. The number of thiophene rings is 1. The molecule has 31 heavy (non-hydrogen) atoms. The van der Waals surface area contributed by atoms with E-state index < -0.39 is 0 Å². The fourth-order valence-electron chi connectivity index (χ4n) is 3.68. The molecule has 1 aliphatic heterocycles. The van der Waals surface area contributed by atoms with Crippen LogP contribution in [0.2, 0.25) is 0 Å². The molecule has 2 aromatic heterocycles. The molecule has 0 saturated carbocycles. The molecule has 0 radical (unpaired) electrons. The summed E-state index contributed by atoms with van der Waals surface area (Å²) in [5.41, 5.74) is 1.12. The number of nitrogens with one attached hydrogen (secondary N) is 1. The van der Waals surface area contributed by atoms with Gasteiger partial charge in [-0.05, 0) is 68.1 Å². The van der Waals surface area contributed by atoms with Gasteiger partial charge in [-0.15, -0.1) is 11.3 Å². The maximum Gasteiger partial charge on any atom is 0.292 e. The van der Waals surface area contributed by atoms with Crippen LogP contribution in [0.15, 0.2) is 40.9 Å². The molecule has 0 aliphatic carbocycles. The van der Waals surface area contributed by atoms with E-state index in [1.165, 1.54) is 23.5 Å². The highest BCUT2D eigenvalue weighted by molar-refractivity contribution is 7.15. The van der Waals surface area contributed by atoms with Crippen LogP contribution in [-0.4, -0.2) is 40.6 Å². The molecule has 1 N–H and O–H groups in total. The van der Waals surface area contributed by atoms with E-state index in [9.17, 15) is 9.18 Å². The molecule has 0 bridgehead atoms. The first-order chi connectivity index (χ1) is 15.1. The first-order valence-electron chi connectivity index (χ1n) is 10.2. The minimum atomic E-state index is -0.360. The topological polar surface area (TPSA) is 95.0 Å². The summed E-state index contributed by atoms with van der Waals surface area (Å²) in [6, 6.07) is 12.1. The highest BCUT2D eigenvalue weighted by Crippen LogP contribution is 2.26. The lowest BCUT2D eigenvalue weighted by molar-refractivity contribution is 0.0934. The maximum absolute atomic E-state index is 13.0. The van der Waals surface area contributed by atoms with Crippen LogP contribution in [0.1, 0.15) is 40.3 Å². The number of aromatic nitrogens is 2. The highest BCUT2D eigenvalue weighted by Gasteiger charge is 2.21. The summed E-state index contributed by atoms with van der Waals surface area (Å²) < 4.78 is 18.2. The fourth-order valence-corrected chi connectivity index (χ4v) is 4.40. The second kappa shape index (κ2) is 9.81. The average Bonchev–Trinajstić information content (AvgIpc) is 3.46. The summed E-state index contributed by atoms with van der Waals surface area (Å²) in [7, 11) is 0. The smallest absolute Gasteiger partial charge is 0.292 e. The molecule has 1 fully saturated rings. The summed E-state index contributed by atoms with van der Waals surface area (Å²) in [5.74, 6) is 0.226. The summed E-state index contributed by atoms with van der Waals surface area (Å²) in [5, 5.41) is 15.5. The number of likely N-dealkylation sites (tertiary alicyclic amines) is 1. The number of carbonyl (C=O) groups is 1. The second-order valence-corrected chi connectivity index (χ2v) is 8.67. The lowest BCUT2D eigenvalue weighted by Crippen LogP contribution is -2.35. The van der Waals surface area contributed by atoms with Crippen molar-refractivity contribution in [3.05, 3.63) is 58.5 Å². The Labute approximate surface area is 183 Å². The third kappa shape index (κ3) is 5.54. The maximum atomic E-state index is 13.0. The Balaban J connectivity index is 1.18. The van der Waals surface area contributed by atoms with Gasteiger partial charge in [0.25, 0.3) is 17.6 Å². The molecule has 3 heterocycles. The van der Waals surface area contributed by atoms with Crippen molar-refractivity contribution in [2.45, 2.75) is 25.8 Å². The number of nitrogens with zero attached hydrogens (tertiary/aromatic N) is 4. The van der Waals surface area contributed by atoms with Gasteiger partial charge < -0.3 is 9.84 Å². The molecule has 4 rings (SSSR count). The van der Waals surface area contributed by atoms with Crippen molar-refractivity contribution in [3.63, 3.8) is 0 Å². The Hall–Kier alpha value is -3.09. The average molecular weight is 440 g/mol. The lowest BCUT2D eigenvalue weighted by atomic mass is 9.93. The van der Waals surface area contributed by atoms with Crippen LogP contribution in [0.5, 0.6) is 0 Å². The van der Waals surface area contributed by atoms with Gasteiger partial charge >= 0.3 is 0 Å². The molecule has 1 saturated heterocycles. The van der Waals surface area contributed by atoms with Crippen LogP contribution in [0.3, 0.4) is 0 Å². The molecule has 1 aromatic carbocycles. The van der Waals surface area contributed by atoms with Gasteiger partial charge in [0, 0.05) is 13.1 Å². The molecule has 1 amide bonds. The number of benzene rings is 1. The van der Waals surface area contributed by atoms with Crippen molar-refractivity contribution < 1.29 is 13.7 Å². The van der Waals surface area contributed by atoms with E-state index in [4.69, 9.17) is 9.78 Å². The summed E-state index contributed by atoms with van der Waals surface area (Å²) in [6.07, 6.45) is 3.04. The van der Waals surface area contributed by atoms with E-state index in [1.54, 1.807) is 12.1 Å². The third-order valence-corrected chi connectivity index (χ3v) is 6.40. The quantitative estimate of drug-likeness (QED) is 0.601. The van der Waals surface area contributed by atoms with Gasteiger partial charge in [-0.2, -0.15) is 10.2 Å². The van der Waals surface area contributed by atoms with Crippen LogP contribution in [0.25, 0.3) is 10.8 Å². The third-order valence-electron chi connectivity index (χ3n) is 5.42. The summed E-state index contributed by atoms with van der Waals surface area (Å²) >= 11 is 1.24. The standard InChI is InChI=1S/C22H22FN5O2S/c23-17-3-1-16(2-4-17)14-28-11-8-15(9-12-28)7-10-25-21(29)20-26-22(30-27-20)19-6-5-18(13-24)31-19/h1-6,15H,7-12,14H2,(H,25,29). The van der Waals surface area contributed by atoms with Gasteiger partial charge in [-0.3, -0.25) is 9.69 Å². The van der Waals surface area contributed by atoms with Crippen LogP contribution in [0.4, 0.5) is 4.39 Å². The molecule has 3 aromatic rings. The first kappa shape index (κ1) is 21.2.